The Kier molecular flexibility index (Phi) is 8.86. The van der Waals surface area contributed by atoms with Crippen molar-refractivity contribution in [3.63, 3.8) is 0 Å². The molecule has 0 atom stereocenters. The molecule has 0 fully saturated rings. The van der Waals surface area contributed by atoms with E-state index >= 15 is 0 Å². The highest BCUT2D eigenvalue weighted by Crippen LogP contribution is 2.30. The zero-order valence-electron chi connectivity index (χ0n) is 15.3. The smallest absolute Gasteiger partial charge is 0.291 e. The van der Waals surface area contributed by atoms with E-state index < -0.39 is 22.1 Å². The first kappa shape index (κ1) is 25.1. The van der Waals surface area contributed by atoms with Gasteiger partial charge in [-0.25, -0.2) is 0 Å². The maximum Gasteiger partial charge on any atom is 0.291 e. The molecule has 11 heteroatoms. The van der Waals surface area contributed by atoms with Gasteiger partial charge >= 0.3 is 0 Å². The summed E-state index contributed by atoms with van der Waals surface area (Å²) in [6, 6.07) is 11.9. The van der Waals surface area contributed by atoms with E-state index in [-0.39, 0.29) is 30.2 Å². The predicted molar refractivity (Wildman–Crippen MR) is 115 cm³/mol. The van der Waals surface area contributed by atoms with Crippen LogP contribution in [0.5, 0.6) is 0 Å². The van der Waals surface area contributed by atoms with Crippen LogP contribution in [0.3, 0.4) is 0 Å². The fraction of sp³-hybridized carbons (Fsp3) is 0.222. The lowest BCUT2D eigenvalue weighted by molar-refractivity contribution is -0.385. The number of carbonyl (C=O) groups excluding carboxylic acids is 2. The van der Waals surface area contributed by atoms with Crippen LogP contribution < -0.4 is 0 Å². The Bertz CT molecular complexity index is 923. The molecule has 0 radical (unpaired) electrons. The van der Waals surface area contributed by atoms with Crippen molar-refractivity contribution in [2.24, 2.45) is 0 Å². The summed E-state index contributed by atoms with van der Waals surface area (Å²) in [7, 11) is 0. The van der Waals surface area contributed by atoms with Crippen LogP contribution in [0.1, 0.15) is 41.0 Å². The molecule has 29 heavy (non-hydrogen) atoms. The summed E-state index contributed by atoms with van der Waals surface area (Å²) in [5.74, 6) is -1.20. The standard InChI is InChI=1S/C18H16Cl3N3O4.ClH/c1-18(2,11-16(25)12-7-3-5-9-14(12)19)24(21)22(20)17(26)13-8-4-6-10-15(13)23(27)28;/h3-10H,11H2,1-2H3;1H. The van der Waals surface area contributed by atoms with Crippen molar-refractivity contribution in [2.45, 2.75) is 25.8 Å². The molecule has 0 saturated heterocycles. The van der Waals surface area contributed by atoms with Crippen molar-refractivity contribution >= 4 is 64.9 Å². The molecule has 0 bridgehead atoms. The third kappa shape index (κ3) is 5.81. The molecule has 0 aromatic heterocycles. The maximum atomic E-state index is 12.6. The number of amides is 1. The van der Waals surface area contributed by atoms with Crippen molar-refractivity contribution in [1.82, 2.24) is 9.06 Å². The average Bonchev–Trinajstić information content (AvgIpc) is 2.66. The summed E-state index contributed by atoms with van der Waals surface area (Å²) in [6.07, 6.45) is -0.117. The summed E-state index contributed by atoms with van der Waals surface area (Å²) in [5, 5.41) is 11.4. The highest BCUT2D eigenvalue weighted by atomic mass is 35.5. The Balaban J connectivity index is 0.00000420. The summed E-state index contributed by atoms with van der Waals surface area (Å²) in [4.78, 5) is 35.7. The molecule has 0 heterocycles. The minimum Gasteiger partial charge on any atom is -0.294 e. The lowest BCUT2D eigenvalue weighted by atomic mass is 9.95. The van der Waals surface area contributed by atoms with E-state index in [1.807, 2.05) is 0 Å². The second-order valence-electron chi connectivity index (χ2n) is 6.49. The van der Waals surface area contributed by atoms with Gasteiger partial charge in [0.25, 0.3) is 11.6 Å². The monoisotopic (exact) mass is 479 g/mol. The zero-order chi connectivity index (χ0) is 21.1. The fourth-order valence-corrected chi connectivity index (χ4v) is 3.14. The van der Waals surface area contributed by atoms with E-state index in [1.54, 1.807) is 38.1 Å². The average molecular weight is 481 g/mol. The summed E-state index contributed by atoms with van der Waals surface area (Å²) < 4.78 is 1.35. The molecule has 2 aromatic carbocycles. The lowest BCUT2D eigenvalue weighted by Gasteiger charge is -2.35. The van der Waals surface area contributed by atoms with E-state index in [4.69, 9.17) is 35.2 Å². The van der Waals surface area contributed by atoms with Gasteiger partial charge in [-0.3, -0.25) is 19.7 Å². The van der Waals surface area contributed by atoms with Gasteiger partial charge in [-0.2, -0.15) is 4.53 Å². The number of carbonyl (C=O) groups is 2. The number of nitro benzene ring substituents is 1. The Hall–Kier alpha value is -1.90. The number of Topliss-reactive ketones (excluding diaryl/α,β-unsaturated/α-hetero) is 1. The minimum absolute atomic E-state index is 0. The van der Waals surface area contributed by atoms with Crippen molar-refractivity contribution in [2.75, 3.05) is 0 Å². The van der Waals surface area contributed by atoms with Crippen molar-refractivity contribution in [3.8, 4) is 0 Å². The predicted octanol–water partition coefficient (Wildman–Crippen LogP) is 5.69. The molecule has 2 aromatic rings. The molecule has 0 aliphatic heterocycles. The van der Waals surface area contributed by atoms with Crippen molar-refractivity contribution in [3.05, 3.63) is 74.8 Å². The van der Waals surface area contributed by atoms with Gasteiger partial charge in [0, 0.05) is 41.6 Å². The van der Waals surface area contributed by atoms with Gasteiger partial charge in [0.1, 0.15) is 5.56 Å². The molecule has 156 valence electrons. The first-order valence-corrected chi connectivity index (χ1v) is 9.09. The number of nitrogens with zero attached hydrogens (tertiary/aromatic N) is 3. The molecule has 0 saturated carbocycles. The number of hydrogen-bond donors (Lipinski definition) is 0. The molecule has 7 nitrogen and oxygen atoms in total. The molecular weight excluding hydrogens is 464 g/mol. The van der Waals surface area contributed by atoms with Gasteiger partial charge in [0.2, 0.25) is 0 Å². The highest BCUT2D eigenvalue weighted by molar-refractivity contribution is 6.34. The number of hydrazine groups is 1. The molecule has 0 N–H and O–H groups in total. The number of benzene rings is 2. The van der Waals surface area contributed by atoms with Gasteiger partial charge in [-0.15, -0.1) is 16.9 Å². The largest absolute Gasteiger partial charge is 0.294 e. The first-order chi connectivity index (χ1) is 13.1. The normalized spacial score (nSPS) is 11.0. The van der Waals surface area contributed by atoms with E-state index in [0.29, 0.717) is 15.1 Å². The Morgan fingerprint density at radius 2 is 1.55 bits per heavy atom. The van der Waals surface area contributed by atoms with Crippen LogP contribution in [0, 0.1) is 10.1 Å². The van der Waals surface area contributed by atoms with E-state index in [0.717, 1.165) is 4.53 Å². The minimum atomic E-state index is -1.11. The number of halogens is 4. The summed E-state index contributed by atoms with van der Waals surface area (Å²) in [6.45, 7) is 3.19. The fourth-order valence-electron chi connectivity index (χ4n) is 2.47. The Morgan fingerprint density at radius 1 is 1.03 bits per heavy atom. The van der Waals surface area contributed by atoms with Crippen LogP contribution >= 0.6 is 47.6 Å². The third-order valence-corrected chi connectivity index (χ3v) is 5.24. The lowest BCUT2D eigenvalue weighted by Crippen LogP contribution is -2.48. The quantitative estimate of drug-likeness (QED) is 0.220. The van der Waals surface area contributed by atoms with E-state index in [2.05, 4.69) is 0 Å². The van der Waals surface area contributed by atoms with Crippen LogP contribution in [-0.2, 0) is 0 Å². The van der Waals surface area contributed by atoms with Gasteiger partial charge in [0.15, 0.2) is 5.78 Å². The topological polar surface area (TPSA) is 83.8 Å². The van der Waals surface area contributed by atoms with Crippen LogP contribution in [0.15, 0.2) is 48.5 Å². The van der Waals surface area contributed by atoms with Crippen LogP contribution in [-0.4, -0.2) is 31.2 Å². The first-order valence-electron chi connectivity index (χ1n) is 8.03. The number of rotatable bonds is 7. The molecule has 2 rings (SSSR count). The molecular formula is C18H17Cl4N3O4. The SMILES string of the molecule is CC(C)(CC(=O)c1ccccc1Cl)N(Cl)N(Cl)C(=O)c1ccccc1[N+](=O)[O-].Cl. The number of para-hydroxylation sites is 1. The molecule has 0 aliphatic carbocycles. The molecule has 0 aliphatic rings. The van der Waals surface area contributed by atoms with Crippen molar-refractivity contribution in [1.29, 1.82) is 0 Å². The zero-order valence-corrected chi connectivity index (χ0v) is 18.4. The molecule has 0 unspecified atom stereocenters. The number of nitro groups is 1. The third-order valence-electron chi connectivity index (χ3n) is 3.92. The highest BCUT2D eigenvalue weighted by Gasteiger charge is 2.37. The van der Waals surface area contributed by atoms with Crippen LogP contribution in [0.2, 0.25) is 5.02 Å². The molecule has 0 spiro atoms. The maximum absolute atomic E-state index is 12.6. The Morgan fingerprint density at radius 3 is 2.10 bits per heavy atom. The van der Waals surface area contributed by atoms with E-state index in [1.165, 1.54) is 24.3 Å². The second-order valence-corrected chi connectivity index (χ2v) is 7.54. The van der Waals surface area contributed by atoms with Crippen molar-refractivity contribution < 1.29 is 14.5 Å². The number of hydrogen-bond acceptors (Lipinski definition) is 5. The summed E-state index contributed by atoms with van der Waals surface area (Å²) in [5.41, 5.74) is -1.44. The molecule has 1 amide bonds. The van der Waals surface area contributed by atoms with Gasteiger partial charge in [0.05, 0.1) is 15.5 Å². The Labute approximate surface area is 188 Å². The number of ketones is 1. The van der Waals surface area contributed by atoms with Gasteiger partial charge in [-0.1, -0.05) is 35.9 Å². The van der Waals surface area contributed by atoms with Crippen LogP contribution in [0.25, 0.3) is 0 Å². The second kappa shape index (κ2) is 10.2. The van der Waals surface area contributed by atoms with Crippen LogP contribution in [0.4, 0.5) is 5.69 Å². The van der Waals surface area contributed by atoms with Gasteiger partial charge in [-0.05, 0) is 32.0 Å². The van der Waals surface area contributed by atoms with Gasteiger partial charge < -0.3 is 0 Å². The summed E-state index contributed by atoms with van der Waals surface area (Å²) >= 11 is 18.3. The van der Waals surface area contributed by atoms with E-state index in [9.17, 15) is 19.7 Å².